The van der Waals surface area contributed by atoms with Gasteiger partial charge in [-0.15, -0.1) is 0 Å². The molecule has 1 nitrogen and oxygen atoms in total. The van der Waals surface area contributed by atoms with E-state index in [1.54, 1.807) is 12.2 Å². The van der Waals surface area contributed by atoms with Crippen LogP contribution in [0.25, 0.3) is 44.7 Å². The molecule has 304 valence electrons. The molecule has 1 aliphatic rings. The van der Waals surface area contributed by atoms with Gasteiger partial charge in [0.2, 0.25) is 0 Å². The third-order valence-electron chi connectivity index (χ3n) is 10.9. The van der Waals surface area contributed by atoms with E-state index in [1.165, 1.54) is 33.4 Å². The van der Waals surface area contributed by atoms with Crippen molar-refractivity contribution in [3.8, 4) is 33.5 Å². The molecule has 0 N–H and O–H groups in total. The van der Waals surface area contributed by atoms with Gasteiger partial charge in [0.1, 0.15) is 0 Å². The lowest BCUT2D eigenvalue weighted by molar-refractivity contribution is 0.759. The van der Waals surface area contributed by atoms with Gasteiger partial charge in [0.05, 0.1) is 16.8 Å². The zero-order valence-corrected chi connectivity index (χ0v) is 36.1. The van der Waals surface area contributed by atoms with Crippen molar-refractivity contribution in [3.05, 3.63) is 297 Å². The highest BCUT2D eigenvalue weighted by Gasteiger charge is 2.47. The Hall–Kier alpha value is -7.61. The van der Waals surface area contributed by atoms with Crippen molar-refractivity contribution in [2.24, 2.45) is 0 Å². The van der Waals surface area contributed by atoms with Crippen LogP contribution in [0.4, 0.5) is 0 Å². The Morgan fingerprint density at radius 1 is 0.565 bits per heavy atom. The van der Waals surface area contributed by atoms with Crippen LogP contribution in [0.2, 0.25) is 0 Å². The van der Waals surface area contributed by atoms with Crippen molar-refractivity contribution in [1.82, 2.24) is 4.98 Å². The van der Waals surface area contributed by atoms with E-state index in [9.17, 15) is 0 Å². The fraction of sp³-hybridized carbons (Fsp3) is 0.0656. The molecule has 0 saturated carbocycles. The molecule has 0 spiro atoms. The van der Waals surface area contributed by atoms with Gasteiger partial charge in [-0.25, -0.2) is 4.98 Å². The largest absolute Gasteiger partial charge is 0.248 e. The average Bonchev–Trinajstić information content (AvgIpc) is 3.60. The summed E-state index contributed by atoms with van der Waals surface area (Å²) in [6.45, 7) is 23.7. The van der Waals surface area contributed by atoms with Crippen molar-refractivity contribution in [3.63, 3.8) is 0 Å². The van der Waals surface area contributed by atoms with E-state index < -0.39 is 5.41 Å². The van der Waals surface area contributed by atoms with Crippen LogP contribution >= 0.6 is 0 Å². The molecule has 1 unspecified atom stereocenters. The fourth-order valence-electron chi connectivity index (χ4n) is 8.33. The Kier molecular flexibility index (Phi) is 15.3. The van der Waals surface area contributed by atoms with Crippen molar-refractivity contribution >= 4 is 11.1 Å². The lowest BCUT2D eigenvalue weighted by Crippen LogP contribution is -2.30. The SMILES string of the molecule is C=C/C=C\C.C=C/C=C\C1=C(Cc2cccc(-c3cccc(-c4cc(/C(C=C)=C/C=C)nc(-c5ccccc5)c4)c3)c2)c2ccccc2C1(C(/C=C\C)=C/C=C)c1ccccc1. The van der Waals surface area contributed by atoms with Crippen LogP contribution in [0.5, 0.6) is 0 Å². The Balaban J connectivity index is 0.00000121. The maximum atomic E-state index is 5.05. The van der Waals surface area contributed by atoms with Crippen molar-refractivity contribution in [1.29, 1.82) is 0 Å². The summed E-state index contributed by atoms with van der Waals surface area (Å²) in [5.74, 6) is 0. The van der Waals surface area contributed by atoms with Gasteiger partial charge in [-0.3, -0.25) is 0 Å². The molecule has 7 rings (SSSR count). The number of aromatic nitrogens is 1. The van der Waals surface area contributed by atoms with E-state index in [0.717, 1.165) is 56.8 Å². The van der Waals surface area contributed by atoms with Gasteiger partial charge in [0.15, 0.2) is 0 Å². The maximum absolute atomic E-state index is 5.05. The summed E-state index contributed by atoms with van der Waals surface area (Å²) in [5, 5.41) is 0. The Morgan fingerprint density at radius 2 is 1.19 bits per heavy atom. The van der Waals surface area contributed by atoms with Crippen LogP contribution in [0.15, 0.2) is 269 Å². The molecule has 0 amide bonds. The van der Waals surface area contributed by atoms with Crippen molar-refractivity contribution in [2.75, 3.05) is 0 Å². The highest BCUT2D eigenvalue weighted by molar-refractivity contribution is 5.89. The molecule has 6 aromatic rings. The molecule has 1 heteroatoms. The normalized spacial score (nSPS) is 15.0. The monoisotopic (exact) mass is 801 g/mol. The predicted molar refractivity (Wildman–Crippen MR) is 271 cm³/mol. The second kappa shape index (κ2) is 21.6. The zero-order chi connectivity index (χ0) is 43.7. The Morgan fingerprint density at radius 3 is 1.84 bits per heavy atom. The third-order valence-corrected chi connectivity index (χ3v) is 10.9. The molecule has 0 bridgehead atoms. The molecular formula is C61H55N. The van der Waals surface area contributed by atoms with E-state index in [0.29, 0.717) is 0 Å². The Bertz CT molecular complexity index is 2750. The molecule has 1 atom stereocenters. The number of rotatable bonds is 15. The second-order valence-corrected chi connectivity index (χ2v) is 14.8. The first kappa shape index (κ1) is 44.0. The number of hydrogen-bond acceptors (Lipinski definition) is 1. The van der Waals surface area contributed by atoms with Crippen LogP contribution in [0.3, 0.4) is 0 Å². The number of fused-ring (bicyclic) bond motifs is 1. The summed E-state index contributed by atoms with van der Waals surface area (Å²) in [6.07, 6.45) is 26.5. The van der Waals surface area contributed by atoms with Crippen molar-refractivity contribution < 1.29 is 0 Å². The van der Waals surface area contributed by atoms with E-state index in [1.807, 2.05) is 61.6 Å². The Labute approximate surface area is 370 Å². The van der Waals surface area contributed by atoms with Gasteiger partial charge < -0.3 is 0 Å². The first-order valence-electron chi connectivity index (χ1n) is 21.1. The fourth-order valence-corrected chi connectivity index (χ4v) is 8.33. The van der Waals surface area contributed by atoms with Gasteiger partial charge in [-0.2, -0.15) is 0 Å². The number of benzene rings is 5. The summed E-state index contributed by atoms with van der Waals surface area (Å²) >= 11 is 0. The summed E-state index contributed by atoms with van der Waals surface area (Å²) in [6, 6.07) is 52.1. The van der Waals surface area contributed by atoms with Gasteiger partial charge in [-0.05, 0) is 105 Å². The number of nitrogens with zero attached hydrogens (tertiary/aromatic N) is 1. The third kappa shape index (κ3) is 9.55. The van der Waals surface area contributed by atoms with Gasteiger partial charge in [-0.1, -0.05) is 239 Å². The molecule has 0 saturated heterocycles. The predicted octanol–water partition coefficient (Wildman–Crippen LogP) is 16.3. The van der Waals surface area contributed by atoms with Crippen LogP contribution in [-0.2, 0) is 11.8 Å². The molecule has 1 aromatic heterocycles. The highest BCUT2D eigenvalue weighted by atomic mass is 14.7. The molecule has 5 aromatic carbocycles. The van der Waals surface area contributed by atoms with Crippen LogP contribution in [0, 0.1) is 0 Å². The topological polar surface area (TPSA) is 12.9 Å². The molecular weight excluding hydrogens is 747 g/mol. The minimum Gasteiger partial charge on any atom is -0.248 e. The lowest BCUT2D eigenvalue weighted by atomic mass is 9.66. The molecule has 62 heavy (non-hydrogen) atoms. The van der Waals surface area contributed by atoms with Crippen molar-refractivity contribution in [2.45, 2.75) is 25.7 Å². The standard InChI is InChI=1S/C56H47N.C5H8/c1-6-11-34-53-51(50-33-18-19-35-52(50)56(53,48(23-8-3)24-9-4)49-31-16-13-17-32-49)37-41-25-20-28-44(36-41)45-29-21-30-46(38-45)47-39-54(42(10-5)22-7-2)57-55(40-47)43-26-14-12-15-27-43;1-3-5-4-2/h6-36,38-40H,1-3,5,37H2,4H3;3-5H,1H2,2H3/b24-9-,34-11-,42-22+,48-23+;5-4-. The molecule has 0 radical (unpaired) electrons. The van der Waals surface area contributed by atoms with E-state index in [-0.39, 0.29) is 0 Å². The molecule has 0 aliphatic heterocycles. The van der Waals surface area contributed by atoms with Crippen LogP contribution in [-0.4, -0.2) is 4.98 Å². The van der Waals surface area contributed by atoms with E-state index in [4.69, 9.17) is 4.98 Å². The zero-order valence-electron chi connectivity index (χ0n) is 36.1. The van der Waals surface area contributed by atoms with Gasteiger partial charge in [0, 0.05) is 5.56 Å². The average molecular weight is 802 g/mol. The first-order valence-corrected chi connectivity index (χ1v) is 21.1. The van der Waals surface area contributed by atoms with E-state index >= 15 is 0 Å². The number of allylic oxidation sites excluding steroid dienone is 17. The summed E-state index contributed by atoms with van der Waals surface area (Å²) in [5.41, 5.74) is 16.4. The summed E-state index contributed by atoms with van der Waals surface area (Å²) in [7, 11) is 0. The highest BCUT2D eigenvalue weighted by Crippen LogP contribution is 2.56. The van der Waals surface area contributed by atoms with E-state index in [2.05, 4.69) is 198 Å². The minimum absolute atomic E-state index is 0.548. The first-order chi connectivity index (χ1) is 30.5. The lowest BCUT2D eigenvalue weighted by Gasteiger charge is -2.35. The molecule has 0 fully saturated rings. The smallest absolute Gasteiger partial charge is 0.0715 e. The number of pyridine rings is 1. The van der Waals surface area contributed by atoms with Gasteiger partial charge >= 0.3 is 0 Å². The van der Waals surface area contributed by atoms with Crippen LogP contribution in [0.1, 0.15) is 41.8 Å². The number of hydrogen-bond donors (Lipinski definition) is 0. The summed E-state index contributed by atoms with van der Waals surface area (Å²) < 4.78 is 0. The second-order valence-electron chi connectivity index (χ2n) is 14.8. The molecule has 1 aliphatic carbocycles. The quantitative estimate of drug-likeness (QED) is 0.0943. The van der Waals surface area contributed by atoms with Crippen LogP contribution < -0.4 is 0 Å². The maximum Gasteiger partial charge on any atom is 0.0715 e. The van der Waals surface area contributed by atoms with Gasteiger partial charge in [0.25, 0.3) is 0 Å². The summed E-state index contributed by atoms with van der Waals surface area (Å²) in [4.78, 5) is 5.05. The molecule has 1 heterocycles. The minimum atomic E-state index is -0.548.